The molecule has 3 heteroatoms. The van der Waals surface area contributed by atoms with Gasteiger partial charge in [0.1, 0.15) is 0 Å². The first-order chi connectivity index (χ1) is 6.41. The minimum atomic E-state index is -0.470. The van der Waals surface area contributed by atoms with Crippen molar-refractivity contribution < 1.29 is 14.6 Å². The second-order valence-corrected chi connectivity index (χ2v) is 4.49. The summed E-state index contributed by atoms with van der Waals surface area (Å²) in [5.74, 6) is -0.671. The first kappa shape index (κ1) is 11.2. The predicted octanol–water partition coefficient (Wildman–Crippen LogP) is 1.51. The maximum absolute atomic E-state index is 11.5. The molecule has 1 saturated carbocycles. The fourth-order valence-corrected chi connectivity index (χ4v) is 2.15. The first-order valence-electron chi connectivity index (χ1n) is 4.84. The summed E-state index contributed by atoms with van der Waals surface area (Å²) in [6.07, 6.45) is 0.918. The molecule has 0 aromatic rings. The van der Waals surface area contributed by atoms with Gasteiger partial charge in [0.25, 0.3) is 0 Å². The van der Waals surface area contributed by atoms with Crippen molar-refractivity contribution in [3.05, 3.63) is 12.2 Å². The van der Waals surface area contributed by atoms with Gasteiger partial charge in [-0.15, -0.1) is 0 Å². The number of ether oxygens (including phenoxy) is 1. The number of aliphatic hydroxyl groups is 1. The van der Waals surface area contributed by atoms with Crippen molar-refractivity contribution in [2.24, 2.45) is 11.3 Å². The van der Waals surface area contributed by atoms with Crippen LogP contribution in [0.1, 0.15) is 26.7 Å². The Morgan fingerprint density at radius 3 is 2.71 bits per heavy atom. The summed E-state index contributed by atoms with van der Waals surface area (Å²) in [5, 5.41) is 9.82. The molecule has 1 rings (SSSR count). The van der Waals surface area contributed by atoms with Crippen molar-refractivity contribution in [1.29, 1.82) is 0 Å². The third kappa shape index (κ3) is 1.69. The molecule has 0 aromatic heterocycles. The Morgan fingerprint density at radius 2 is 2.21 bits per heavy atom. The lowest BCUT2D eigenvalue weighted by atomic mass is 9.65. The van der Waals surface area contributed by atoms with Crippen molar-refractivity contribution in [2.75, 3.05) is 7.11 Å². The van der Waals surface area contributed by atoms with Gasteiger partial charge in [0, 0.05) is 5.41 Å². The van der Waals surface area contributed by atoms with Crippen molar-refractivity contribution >= 4 is 5.97 Å². The van der Waals surface area contributed by atoms with Crippen LogP contribution in [0.3, 0.4) is 0 Å². The van der Waals surface area contributed by atoms with Gasteiger partial charge in [-0.2, -0.15) is 0 Å². The summed E-state index contributed by atoms with van der Waals surface area (Å²) < 4.78 is 4.73. The maximum Gasteiger partial charge on any atom is 0.313 e. The Morgan fingerprint density at radius 1 is 1.64 bits per heavy atom. The van der Waals surface area contributed by atoms with Crippen LogP contribution >= 0.6 is 0 Å². The molecule has 0 heterocycles. The van der Waals surface area contributed by atoms with Crippen LogP contribution in [0.15, 0.2) is 12.2 Å². The largest absolute Gasteiger partial charge is 0.469 e. The molecule has 0 aromatic carbocycles. The van der Waals surface area contributed by atoms with E-state index in [0.29, 0.717) is 12.8 Å². The van der Waals surface area contributed by atoms with Crippen molar-refractivity contribution in [2.45, 2.75) is 32.8 Å². The molecule has 0 aliphatic heterocycles. The number of rotatable bonds is 1. The van der Waals surface area contributed by atoms with Crippen molar-refractivity contribution in [3.8, 4) is 0 Å². The number of hydrogen-bond acceptors (Lipinski definition) is 3. The Kier molecular flexibility index (Phi) is 3.00. The Bertz CT molecular complexity index is 247. The van der Waals surface area contributed by atoms with Crippen LogP contribution in [-0.4, -0.2) is 24.3 Å². The van der Waals surface area contributed by atoms with Crippen LogP contribution in [-0.2, 0) is 9.53 Å². The zero-order valence-electron chi connectivity index (χ0n) is 9.04. The van der Waals surface area contributed by atoms with Crippen LogP contribution in [0.2, 0.25) is 0 Å². The van der Waals surface area contributed by atoms with Crippen LogP contribution in [0.5, 0.6) is 0 Å². The zero-order chi connectivity index (χ0) is 10.9. The second kappa shape index (κ2) is 3.73. The van der Waals surface area contributed by atoms with Crippen molar-refractivity contribution in [3.63, 3.8) is 0 Å². The average molecular weight is 198 g/mol. The Labute approximate surface area is 84.8 Å². The molecule has 1 aliphatic carbocycles. The van der Waals surface area contributed by atoms with Gasteiger partial charge in [-0.05, 0) is 12.8 Å². The van der Waals surface area contributed by atoms with E-state index in [1.54, 1.807) is 0 Å². The highest BCUT2D eigenvalue weighted by Gasteiger charge is 2.45. The molecule has 0 unspecified atom stereocenters. The summed E-state index contributed by atoms with van der Waals surface area (Å²) in [5.41, 5.74) is 0.398. The van der Waals surface area contributed by atoms with Gasteiger partial charge in [-0.1, -0.05) is 26.0 Å². The highest BCUT2D eigenvalue weighted by molar-refractivity contribution is 5.77. The molecular formula is C11H18O3. The van der Waals surface area contributed by atoms with Crippen LogP contribution < -0.4 is 0 Å². The molecule has 80 valence electrons. The lowest BCUT2D eigenvalue weighted by molar-refractivity contribution is -0.152. The van der Waals surface area contributed by atoms with Gasteiger partial charge in [0.2, 0.25) is 0 Å². The monoisotopic (exact) mass is 198 g/mol. The highest BCUT2D eigenvalue weighted by Crippen LogP contribution is 2.43. The van der Waals surface area contributed by atoms with Gasteiger partial charge < -0.3 is 9.84 Å². The molecule has 2 atom stereocenters. The molecule has 1 N–H and O–H groups in total. The number of methoxy groups -OCH3 is 1. The number of hydrogen-bond donors (Lipinski definition) is 1. The lowest BCUT2D eigenvalue weighted by Crippen LogP contribution is -2.45. The first-order valence-corrected chi connectivity index (χ1v) is 4.84. The van der Waals surface area contributed by atoms with Gasteiger partial charge in [-0.25, -0.2) is 0 Å². The average Bonchev–Trinajstić information content (AvgIpc) is 2.11. The minimum Gasteiger partial charge on any atom is -0.469 e. The molecule has 0 spiro atoms. The van der Waals surface area contributed by atoms with E-state index < -0.39 is 11.5 Å². The number of carbonyl (C=O) groups is 1. The SMILES string of the molecule is C=C1CC[C@@H](O)C(C)(C)[C@H]1C(=O)OC. The fraction of sp³-hybridized carbons (Fsp3) is 0.727. The fourth-order valence-electron chi connectivity index (χ4n) is 2.15. The van der Waals surface area contributed by atoms with Gasteiger partial charge in [0.15, 0.2) is 0 Å². The van der Waals surface area contributed by atoms with Gasteiger partial charge in [0.05, 0.1) is 19.1 Å². The summed E-state index contributed by atoms with van der Waals surface area (Å²) >= 11 is 0. The third-order valence-corrected chi connectivity index (χ3v) is 3.19. The van der Waals surface area contributed by atoms with E-state index in [4.69, 9.17) is 4.74 Å². The topological polar surface area (TPSA) is 46.5 Å². The summed E-state index contributed by atoms with van der Waals surface area (Å²) in [6.45, 7) is 7.64. The molecule has 3 nitrogen and oxygen atoms in total. The van der Waals surface area contributed by atoms with E-state index in [-0.39, 0.29) is 11.9 Å². The van der Waals surface area contributed by atoms with Gasteiger partial charge in [-0.3, -0.25) is 4.79 Å². The smallest absolute Gasteiger partial charge is 0.313 e. The minimum absolute atomic E-state index is 0.293. The third-order valence-electron chi connectivity index (χ3n) is 3.19. The molecule has 1 aliphatic rings. The van der Waals surface area contributed by atoms with Crippen LogP contribution in [0, 0.1) is 11.3 Å². The molecule has 0 bridgehead atoms. The van der Waals surface area contributed by atoms with E-state index in [1.165, 1.54) is 7.11 Å². The number of carbonyl (C=O) groups excluding carboxylic acids is 1. The lowest BCUT2D eigenvalue weighted by Gasteiger charge is -2.42. The van der Waals surface area contributed by atoms with Crippen molar-refractivity contribution in [1.82, 2.24) is 0 Å². The summed E-state index contributed by atoms with van der Waals surface area (Å²) in [6, 6.07) is 0. The van der Waals surface area contributed by atoms with E-state index >= 15 is 0 Å². The summed E-state index contributed by atoms with van der Waals surface area (Å²) in [4.78, 5) is 11.5. The van der Waals surface area contributed by atoms with E-state index in [1.807, 2.05) is 13.8 Å². The van der Waals surface area contributed by atoms with E-state index in [9.17, 15) is 9.90 Å². The molecule has 14 heavy (non-hydrogen) atoms. The number of esters is 1. The maximum atomic E-state index is 11.5. The highest BCUT2D eigenvalue weighted by atomic mass is 16.5. The Hall–Kier alpha value is -0.830. The predicted molar refractivity (Wildman–Crippen MR) is 53.7 cm³/mol. The molecule has 0 saturated heterocycles. The van der Waals surface area contributed by atoms with Gasteiger partial charge >= 0.3 is 5.97 Å². The number of aliphatic hydroxyl groups excluding tert-OH is 1. The van der Waals surface area contributed by atoms with Crippen LogP contribution in [0.4, 0.5) is 0 Å². The quantitative estimate of drug-likeness (QED) is 0.513. The second-order valence-electron chi connectivity index (χ2n) is 4.49. The van der Waals surface area contributed by atoms with E-state index in [0.717, 1.165) is 5.57 Å². The molecular weight excluding hydrogens is 180 g/mol. The molecule has 0 amide bonds. The van der Waals surface area contributed by atoms with Crippen LogP contribution in [0.25, 0.3) is 0 Å². The summed E-state index contributed by atoms with van der Waals surface area (Å²) in [7, 11) is 1.37. The molecule has 0 radical (unpaired) electrons. The van der Waals surface area contributed by atoms with E-state index in [2.05, 4.69) is 6.58 Å². The zero-order valence-corrected chi connectivity index (χ0v) is 9.04. The standard InChI is InChI=1S/C11H18O3/c1-7-5-6-8(12)11(2,3)9(7)10(13)14-4/h8-9,12H,1,5-6H2,2-4H3/t8-,9-/m1/s1. The normalized spacial score (nSPS) is 31.3. The Balaban J connectivity index is 2.97. The molecule has 1 fully saturated rings.